The summed E-state index contributed by atoms with van der Waals surface area (Å²) in [5, 5.41) is 0. The largest absolute Gasteiger partial charge is 0.412 e. The molecule has 0 aromatic rings. The molecule has 0 amide bonds. The quantitative estimate of drug-likeness (QED) is 0.657. The van der Waals surface area contributed by atoms with Crippen molar-refractivity contribution in [2.45, 2.75) is 33.1 Å². The lowest BCUT2D eigenvalue weighted by Gasteiger charge is -2.22. The predicted molar refractivity (Wildman–Crippen MR) is 57.6 cm³/mol. The second-order valence-electron chi connectivity index (χ2n) is 3.33. The highest BCUT2D eigenvalue weighted by atomic mass is 16.0. The van der Waals surface area contributed by atoms with Crippen molar-refractivity contribution in [2.75, 3.05) is 13.1 Å². The van der Waals surface area contributed by atoms with E-state index in [0.29, 0.717) is 0 Å². The van der Waals surface area contributed by atoms with Crippen LogP contribution in [0.4, 0.5) is 0 Å². The Kier molecular flexibility index (Phi) is 6.33. The number of unbranched alkanes of at least 4 members (excludes halogenated alkanes) is 1. The monoisotopic (exact) mass is 183 g/mol. The number of allylic oxidation sites excluding steroid dienone is 2. The number of hydrogen-bond acceptors (Lipinski definition) is 1. The molecule has 0 saturated carbocycles. The molecule has 2 heteroatoms. The van der Waals surface area contributed by atoms with Gasteiger partial charge in [-0.15, -0.1) is 0 Å². The van der Waals surface area contributed by atoms with Crippen LogP contribution in [0.2, 0.25) is 0 Å². The highest BCUT2D eigenvalue weighted by Crippen LogP contribution is 2.13. The van der Waals surface area contributed by atoms with Crippen molar-refractivity contribution in [3.63, 3.8) is 0 Å². The third-order valence-electron chi connectivity index (χ3n) is 2.29. The van der Waals surface area contributed by atoms with Gasteiger partial charge in [0.25, 0.3) is 0 Å². The topological polar surface area (TPSA) is 34.7 Å². The maximum atomic E-state index is 2.35. The molecule has 1 aliphatic heterocycles. The van der Waals surface area contributed by atoms with Gasteiger partial charge in [0.15, 0.2) is 0 Å². The second kappa shape index (κ2) is 6.72. The first-order chi connectivity index (χ1) is 5.86. The van der Waals surface area contributed by atoms with Crippen molar-refractivity contribution in [1.29, 1.82) is 0 Å². The Morgan fingerprint density at radius 3 is 2.77 bits per heavy atom. The van der Waals surface area contributed by atoms with Crippen molar-refractivity contribution >= 4 is 0 Å². The van der Waals surface area contributed by atoms with Gasteiger partial charge in [-0.1, -0.05) is 25.0 Å². The molecule has 0 aromatic heterocycles. The molecule has 0 radical (unpaired) electrons. The van der Waals surface area contributed by atoms with E-state index in [-0.39, 0.29) is 5.48 Å². The SMILES string of the molecule is CCCCC1=CC=CN(CC)C1.O. The lowest BCUT2D eigenvalue weighted by Crippen LogP contribution is -2.21. The predicted octanol–water partition coefficient (Wildman–Crippen LogP) is 2.13. The molecule has 2 nitrogen and oxygen atoms in total. The van der Waals surface area contributed by atoms with E-state index < -0.39 is 0 Å². The van der Waals surface area contributed by atoms with Gasteiger partial charge in [-0.2, -0.15) is 0 Å². The summed E-state index contributed by atoms with van der Waals surface area (Å²) in [7, 11) is 0. The van der Waals surface area contributed by atoms with E-state index >= 15 is 0 Å². The molecule has 0 aliphatic carbocycles. The molecule has 0 atom stereocenters. The molecule has 76 valence electrons. The van der Waals surface area contributed by atoms with E-state index in [9.17, 15) is 0 Å². The summed E-state index contributed by atoms with van der Waals surface area (Å²) in [6, 6.07) is 0. The highest BCUT2D eigenvalue weighted by Gasteiger charge is 2.04. The van der Waals surface area contributed by atoms with Gasteiger partial charge in [-0.25, -0.2) is 0 Å². The number of hydrogen-bond donors (Lipinski definition) is 0. The van der Waals surface area contributed by atoms with E-state index in [1.165, 1.54) is 19.3 Å². The minimum Gasteiger partial charge on any atom is -0.412 e. The Balaban J connectivity index is 0.00000144. The molecule has 0 spiro atoms. The van der Waals surface area contributed by atoms with E-state index in [1.807, 2.05) is 0 Å². The van der Waals surface area contributed by atoms with Crippen LogP contribution < -0.4 is 0 Å². The van der Waals surface area contributed by atoms with Gasteiger partial charge in [0.1, 0.15) is 0 Å². The Hall–Kier alpha value is -0.760. The first-order valence-corrected chi connectivity index (χ1v) is 4.97. The molecule has 0 saturated heterocycles. The van der Waals surface area contributed by atoms with Crippen molar-refractivity contribution < 1.29 is 5.48 Å². The van der Waals surface area contributed by atoms with Crippen molar-refractivity contribution in [3.05, 3.63) is 23.9 Å². The highest BCUT2D eigenvalue weighted by molar-refractivity contribution is 5.18. The fraction of sp³-hybridized carbons (Fsp3) is 0.636. The first kappa shape index (κ1) is 12.2. The summed E-state index contributed by atoms with van der Waals surface area (Å²) < 4.78 is 0. The van der Waals surface area contributed by atoms with Crippen molar-refractivity contribution in [2.24, 2.45) is 0 Å². The molecule has 13 heavy (non-hydrogen) atoms. The molecule has 0 unspecified atom stereocenters. The summed E-state index contributed by atoms with van der Waals surface area (Å²) >= 11 is 0. The van der Waals surface area contributed by atoms with Gasteiger partial charge < -0.3 is 10.4 Å². The minimum absolute atomic E-state index is 0. The summed E-state index contributed by atoms with van der Waals surface area (Å²) in [6.07, 6.45) is 10.5. The number of rotatable bonds is 4. The Labute approximate surface area is 81.2 Å². The third kappa shape index (κ3) is 4.13. The Bertz CT molecular complexity index is 185. The Morgan fingerprint density at radius 2 is 2.15 bits per heavy atom. The maximum Gasteiger partial charge on any atom is 0.0386 e. The van der Waals surface area contributed by atoms with E-state index in [0.717, 1.165) is 13.1 Å². The Morgan fingerprint density at radius 1 is 1.38 bits per heavy atom. The van der Waals surface area contributed by atoms with E-state index in [1.54, 1.807) is 5.57 Å². The van der Waals surface area contributed by atoms with Gasteiger partial charge in [0, 0.05) is 13.1 Å². The molecular weight excluding hydrogens is 162 g/mol. The van der Waals surface area contributed by atoms with Crippen LogP contribution in [0.3, 0.4) is 0 Å². The van der Waals surface area contributed by atoms with Crippen LogP contribution in [-0.2, 0) is 0 Å². The van der Waals surface area contributed by atoms with Crippen LogP contribution in [0.5, 0.6) is 0 Å². The van der Waals surface area contributed by atoms with Gasteiger partial charge >= 0.3 is 0 Å². The van der Waals surface area contributed by atoms with Gasteiger partial charge in [-0.3, -0.25) is 0 Å². The van der Waals surface area contributed by atoms with Crippen LogP contribution in [-0.4, -0.2) is 23.5 Å². The molecule has 1 rings (SSSR count). The molecule has 1 aliphatic rings. The minimum atomic E-state index is 0. The fourth-order valence-electron chi connectivity index (χ4n) is 1.45. The lowest BCUT2D eigenvalue weighted by atomic mass is 10.1. The van der Waals surface area contributed by atoms with Crippen molar-refractivity contribution in [3.8, 4) is 0 Å². The van der Waals surface area contributed by atoms with Crippen LogP contribution >= 0.6 is 0 Å². The summed E-state index contributed by atoms with van der Waals surface area (Å²) in [5.74, 6) is 0. The van der Waals surface area contributed by atoms with E-state index in [2.05, 4.69) is 37.1 Å². The van der Waals surface area contributed by atoms with Crippen molar-refractivity contribution in [1.82, 2.24) is 4.90 Å². The third-order valence-corrected chi connectivity index (χ3v) is 2.29. The standard InChI is InChI=1S/C11H19N.H2O/c1-3-5-7-11-8-6-9-12(4-2)10-11;/h6,8-9H,3-5,7,10H2,1-2H3;1H2. The molecule has 2 N–H and O–H groups in total. The lowest BCUT2D eigenvalue weighted by molar-refractivity contribution is 0.417. The number of likely N-dealkylation sites (N-methyl/N-ethyl adjacent to an activating group) is 1. The zero-order valence-corrected chi connectivity index (χ0v) is 8.71. The summed E-state index contributed by atoms with van der Waals surface area (Å²) in [5.41, 5.74) is 1.58. The van der Waals surface area contributed by atoms with E-state index in [4.69, 9.17) is 0 Å². The zero-order chi connectivity index (χ0) is 8.81. The summed E-state index contributed by atoms with van der Waals surface area (Å²) in [6.45, 7) is 6.72. The van der Waals surface area contributed by atoms with Gasteiger partial charge in [-0.05, 0) is 32.0 Å². The summed E-state index contributed by atoms with van der Waals surface area (Å²) in [4.78, 5) is 2.35. The fourth-order valence-corrected chi connectivity index (χ4v) is 1.45. The number of nitrogens with zero attached hydrogens (tertiary/aromatic N) is 1. The van der Waals surface area contributed by atoms with Gasteiger partial charge in [0.05, 0.1) is 0 Å². The first-order valence-electron chi connectivity index (χ1n) is 4.97. The molecule has 1 heterocycles. The molecular formula is C11H21NO. The second-order valence-corrected chi connectivity index (χ2v) is 3.33. The molecule has 0 bridgehead atoms. The maximum absolute atomic E-state index is 2.35. The zero-order valence-electron chi connectivity index (χ0n) is 8.71. The van der Waals surface area contributed by atoms with Crippen LogP contribution in [0.25, 0.3) is 0 Å². The van der Waals surface area contributed by atoms with Crippen LogP contribution in [0.15, 0.2) is 23.9 Å². The smallest absolute Gasteiger partial charge is 0.0386 e. The van der Waals surface area contributed by atoms with Gasteiger partial charge in [0.2, 0.25) is 0 Å². The van der Waals surface area contributed by atoms with Crippen LogP contribution in [0.1, 0.15) is 33.1 Å². The normalized spacial score (nSPS) is 15.2. The molecule has 0 fully saturated rings. The molecule has 0 aromatic carbocycles. The average molecular weight is 183 g/mol. The average Bonchev–Trinajstić information content (AvgIpc) is 2.15. The van der Waals surface area contributed by atoms with Crippen LogP contribution in [0, 0.1) is 0 Å².